The fourth-order valence-electron chi connectivity index (χ4n) is 2.35. The van der Waals surface area contributed by atoms with Gasteiger partial charge in [0.1, 0.15) is 0 Å². The first kappa shape index (κ1) is 12.9. The molecular formula is C12H26N2O. The van der Waals surface area contributed by atoms with Crippen LogP contribution in [0.5, 0.6) is 0 Å². The minimum atomic E-state index is 0.0186. The lowest BCUT2D eigenvalue weighted by atomic mass is 9.93. The molecule has 0 radical (unpaired) electrons. The Hall–Kier alpha value is -0.120. The van der Waals surface area contributed by atoms with Gasteiger partial charge < -0.3 is 14.9 Å². The van der Waals surface area contributed by atoms with Gasteiger partial charge in [-0.2, -0.15) is 0 Å². The lowest BCUT2D eigenvalue weighted by Gasteiger charge is -2.39. The zero-order valence-corrected chi connectivity index (χ0v) is 10.7. The first-order valence-corrected chi connectivity index (χ1v) is 5.94. The molecule has 3 nitrogen and oxygen atoms in total. The molecule has 0 spiro atoms. The van der Waals surface area contributed by atoms with Gasteiger partial charge in [-0.15, -0.1) is 0 Å². The van der Waals surface area contributed by atoms with E-state index in [0.717, 1.165) is 13.1 Å². The van der Waals surface area contributed by atoms with E-state index in [1.165, 1.54) is 19.4 Å². The summed E-state index contributed by atoms with van der Waals surface area (Å²) in [6.07, 6.45) is 2.59. The molecule has 15 heavy (non-hydrogen) atoms. The Labute approximate surface area is 94.1 Å². The Morgan fingerprint density at radius 2 is 2.13 bits per heavy atom. The molecule has 1 atom stereocenters. The van der Waals surface area contributed by atoms with Crippen LogP contribution in [0.25, 0.3) is 0 Å². The molecule has 1 aliphatic rings. The van der Waals surface area contributed by atoms with Crippen molar-refractivity contribution in [1.82, 2.24) is 9.80 Å². The molecule has 90 valence electrons. The smallest absolute Gasteiger partial charge is 0.0494 e. The Balaban J connectivity index is 2.42. The van der Waals surface area contributed by atoms with Gasteiger partial charge in [0.25, 0.3) is 0 Å². The summed E-state index contributed by atoms with van der Waals surface area (Å²) >= 11 is 0. The molecule has 0 bridgehead atoms. The van der Waals surface area contributed by atoms with Crippen LogP contribution < -0.4 is 0 Å². The van der Waals surface area contributed by atoms with Crippen molar-refractivity contribution in [3.05, 3.63) is 0 Å². The summed E-state index contributed by atoms with van der Waals surface area (Å²) in [6, 6.07) is 0.662. The summed E-state index contributed by atoms with van der Waals surface area (Å²) in [6.45, 7) is 7.87. The molecular weight excluding hydrogens is 188 g/mol. The second kappa shape index (κ2) is 5.28. The number of nitrogens with zero attached hydrogens (tertiary/aromatic N) is 2. The van der Waals surface area contributed by atoms with E-state index >= 15 is 0 Å². The van der Waals surface area contributed by atoms with E-state index in [2.05, 4.69) is 37.7 Å². The lowest BCUT2D eigenvalue weighted by molar-refractivity contribution is 0.0679. The van der Waals surface area contributed by atoms with Crippen molar-refractivity contribution in [1.29, 1.82) is 0 Å². The third-order valence-corrected chi connectivity index (χ3v) is 3.33. The highest BCUT2D eigenvalue weighted by molar-refractivity contribution is 4.81. The maximum atomic E-state index is 9.26. The van der Waals surface area contributed by atoms with Gasteiger partial charge in [-0.1, -0.05) is 13.8 Å². The Morgan fingerprint density at radius 1 is 1.47 bits per heavy atom. The third-order valence-electron chi connectivity index (χ3n) is 3.33. The van der Waals surface area contributed by atoms with E-state index in [-0.39, 0.29) is 12.0 Å². The first-order chi connectivity index (χ1) is 6.94. The third kappa shape index (κ3) is 4.09. The van der Waals surface area contributed by atoms with Crippen molar-refractivity contribution in [2.75, 3.05) is 40.3 Å². The Morgan fingerprint density at radius 3 is 2.67 bits per heavy atom. The van der Waals surface area contributed by atoms with Crippen molar-refractivity contribution >= 4 is 0 Å². The molecule has 1 rings (SSSR count). The predicted molar refractivity (Wildman–Crippen MR) is 64.0 cm³/mol. The number of hydrogen-bond donors (Lipinski definition) is 1. The second-order valence-electron chi connectivity index (χ2n) is 5.80. The normalized spacial score (nSPS) is 24.8. The zero-order valence-electron chi connectivity index (χ0n) is 10.7. The highest BCUT2D eigenvalue weighted by Crippen LogP contribution is 2.20. The van der Waals surface area contributed by atoms with Gasteiger partial charge >= 0.3 is 0 Å². The number of aliphatic hydroxyl groups is 1. The van der Waals surface area contributed by atoms with Crippen LogP contribution in [0.4, 0.5) is 0 Å². The van der Waals surface area contributed by atoms with Gasteiger partial charge in [0.05, 0.1) is 0 Å². The summed E-state index contributed by atoms with van der Waals surface area (Å²) in [5.41, 5.74) is 0.0186. The van der Waals surface area contributed by atoms with Crippen LogP contribution in [0.15, 0.2) is 0 Å². The van der Waals surface area contributed by atoms with Crippen molar-refractivity contribution in [2.45, 2.75) is 32.7 Å². The van der Waals surface area contributed by atoms with E-state index in [1.54, 1.807) is 0 Å². The molecule has 0 amide bonds. The number of likely N-dealkylation sites (N-methyl/N-ethyl adjacent to an activating group) is 2. The van der Waals surface area contributed by atoms with Crippen LogP contribution in [0.1, 0.15) is 26.7 Å². The minimum absolute atomic E-state index is 0.0186. The van der Waals surface area contributed by atoms with Crippen LogP contribution in [0.2, 0.25) is 0 Å². The highest BCUT2D eigenvalue weighted by atomic mass is 16.3. The van der Waals surface area contributed by atoms with E-state index in [4.69, 9.17) is 0 Å². The van der Waals surface area contributed by atoms with Crippen LogP contribution in [-0.2, 0) is 0 Å². The molecule has 0 aromatic rings. The molecule has 3 heteroatoms. The molecule has 1 saturated heterocycles. The zero-order chi connectivity index (χ0) is 11.5. The van der Waals surface area contributed by atoms with Crippen molar-refractivity contribution in [2.24, 2.45) is 5.41 Å². The first-order valence-electron chi connectivity index (χ1n) is 5.94. The van der Waals surface area contributed by atoms with E-state index in [1.807, 2.05) is 0 Å². The highest BCUT2D eigenvalue weighted by Gasteiger charge is 2.26. The maximum absolute atomic E-state index is 9.26. The molecule has 0 saturated carbocycles. The largest absolute Gasteiger partial charge is 0.396 e. The summed E-state index contributed by atoms with van der Waals surface area (Å²) in [5.74, 6) is 0. The van der Waals surface area contributed by atoms with Crippen molar-refractivity contribution < 1.29 is 5.11 Å². The average Bonchev–Trinajstić information content (AvgIpc) is 2.17. The van der Waals surface area contributed by atoms with Crippen LogP contribution in [-0.4, -0.2) is 61.3 Å². The quantitative estimate of drug-likeness (QED) is 0.757. The molecule has 1 unspecified atom stereocenters. The van der Waals surface area contributed by atoms with Crippen LogP contribution >= 0.6 is 0 Å². The topological polar surface area (TPSA) is 26.7 Å². The van der Waals surface area contributed by atoms with Gasteiger partial charge in [0.2, 0.25) is 0 Å². The number of hydrogen-bond acceptors (Lipinski definition) is 3. The number of aliphatic hydroxyl groups excluding tert-OH is 1. The predicted octanol–water partition coefficient (Wildman–Crippen LogP) is 1.03. The molecule has 0 aromatic heterocycles. The maximum Gasteiger partial charge on any atom is 0.0494 e. The minimum Gasteiger partial charge on any atom is -0.396 e. The molecule has 1 heterocycles. The van der Waals surface area contributed by atoms with Gasteiger partial charge in [0, 0.05) is 31.2 Å². The number of likely N-dealkylation sites (tertiary alicyclic amines) is 1. The molecule has 0 aromatic carbocycles. The molecule has 0 aliphatic carbocycles. The van der Waals surface area contributed by atoms with Crippen molar-refractivity contribution in [3.8, 4) is 0 Å². The fraction of sp³-hybridized carbons (Fsp3) is 1.00. The number of rotatable bonds is 4. The average molecular weight is 214 g/mol. The summed E-state index contributed by atoms with van der Waals surface area (Å²) in [7, 11) is 4.37. The van der Waals surface area contributed by atoms with Gasteiger partial charge in [-0.25, -0.2) is 0 Å². The summed E-state index contributed by atoms with van der Waals surface area (Å²) in [5, 5.41) is 9.26. The van der Waals surface area contributed by atoms with Crippen molar-refractivity contribution in [3.63, 3.8) is 0 Å². The van der Waals surface area contributed by atoms with Gasteiger partial charge in [-0.3, -0.25) is 0 Å². The second-order valence-corrected chi connectivity index (χ2v) is 5.80. The molecule has 1 aliphatic heterocycles. The monoisotopic (exact) mass is 214 g/mol. The van der Waals surface area contributed by atoms with E-state index in [9.17, 15) is 5.11 Å². The summed E-state index contributed by atoms with van der Waals surface area (Å²) < 4.78 is 0. The molecule has 1 fully saturated rings. The van der Waals surface area contributed by atoms with E-state index in [0.29, 0.717) is 6.04 Å². The Kier molecular flexibility index (Phi) is 4.56. The Bertz CT molecular complexity index is 194. The van der Waals surface area contributed by atoms with E-state index < -0.39 is 0 Å². The van der Waals surface area contributed by atoms with Gasteiger partial charge in [0.15, 0.2) is 0 Å². The number of piperidine rings is 1. The summed E-state index contributed by atoms with van der Waals surface area (Å²) in [4.78, 5) is 4.81. The van der Waals surface area contributed by atoms with Crippen LogP contribution in [0.3, 0.4) is 0 Å². The standard InChI is InChI=1S/C12H26N2O/c1-12(2,10-15)9-14(4)11-6-5-7-13(3)8-11/h11,15H,5-10H2,1-4H3. The fourth-order valence-corrected chi connectivity index (χ4v) is 2.35. The SMILES string of the molecule is CN1CCCC(N(C)CC(C)(C)CO)C1. The molecule has 1 N–H and O–H groups in total. The van der Waals surface area contributed by atoms with Gasteiger partial charge in [-0.05, 0) is 33.5 Å². The lowest BCUT2D eigenvalue weighted by Crippen LogP contribution is -2.48. The van der Waals surface area contributed by atoms with Crippen LogP contribution in [0, 0.1) is 5.41 Å².